The summed E-state index contributed by atoms with van der Waals surface area (Å²) >= 11 is 0. The Morgan fingerprint density at radius 3 is 3.07 bits per heavy atom. The molecule has 1 aromatic carbocycles. The highest BCUT2D eigenvalue weighted by molar-refractivity contribution is 5.83. The molecule has 1 aromatic heterocycles. The Morgan fingerprint density at radius 1 is 1.40 bits per heavy atom. The van der Waals surface area contributed by atoms with E-state index in [1.165, 1.54) is 16.6 Å². The maximum absolute atomic E-state index is 6.07. The molecule has 0 bridgehead atoms. The maximum Gasteiger partial charge on any atom is 0.120 e. The number of methoxy groups -OCH3 is 1. The Morgan fingerprint density at radius 2 is 2.27 bits per heavy atom. The van der Waals surface area contributed by atoms with Crippen molar-refractivity contribution < 1.29 is 4.74 Å². The van der Waals surface area contributed by atoms with Crippen molar-refractivity contribution in [2.75, 3.05) is 7.11 Å². The van der Waals surface area contributed by atoms with E-state index in [2.05, 4.69) is 22.8 Å². The predicted molar refractivity (Wildman–Crippen MR) is 60.0 cm³/mol. The van der Waals surface area contributed by atoms with Gasteiger partial charge in [0.05, 0.1) is 18.8 Å². The van der Waals surface area contributed by atoms with Gasteiger partial charge < -0.3 is 15.0 Å². The summed E-state index contributed by atoms with van der Waals surface area (Å²) in [6.45, 7) is 0. The standard InChI is InChI=1S/C12H14N2O/c1-15-10-4-2-8-6-9-3-5-12(13)14(9)11(8)7-10/h2,4,6-7,12H,3,5,13H2,1H3. The van der Waals surface area contributed by atoms with E-state index < -0.39 is 0 Å². The highest BCUT2D eigenvalue weighted by Gasteiger charge is 2.20. The molecule has 1 aliphatic heterocycles. The van der Waals surface area contributed by atoms with E-state index in [1.807, 2.05) is 6.07 Å². The second-order valence-corrected chi connectivity index (χ2v) is 4.04. The molecule has 0 amide bonds. The van der Waals surface area contributed by atoms with Gasteiger partial charge in [0.2, 0.25) is 0 Å². The Balaban J connectivity index is 2.29. The minimum Gasteiger partial charge on any atom is -0.497 e. The van der Waals surface area contributed by atoms with Crippen LogP contribution in [0.4, 0.5) is 0 Å². The molecule has 3 heteroatoms. The van der Waals surface area contributed by atoms with Crippen molar-refractivity contribution in [1.29, 1.82) is 0 Å². The number of hydrogen-bond donors (Lipinski definition) is 1. The van der Waals surface area contributed by atoms with Gasteiger partial charge in [-0.25, -0.2) is 0 Å². The van der Waals surface area contributed by atoms with Crippen molar-refractivity contribution in [2.24, 2.45) is 5.73 Å². The molecule has 0 fully saturated rings. The van der Waals surface area contributed by atoms with Crippen molar-refractivity contribution in [3.05, 3.63) is 30.0 Å². The van der Waals surface area contributed by atoms with Crippen LogP contribution in [0.1, 0.15) is 18.3 Å². The molecule has 0 spiro atoms. The summed E-state index contributed by atoms with van der Waals surface area (Å²) in [6, 6.07) is 8.36. The predicted octanol–water partition coefficient (Wildman–Crippen LogP) is 2.05. The van der Waals surface area contributed by atoms with Gasteiger partial charge in [0.1, 0.15) is 5.75 Å². The first-order valence-corrected chi connectivity index (χ1v) is 5.23. The lowest BCUT2D eigenvalue weighted by Crippen LogP contribution is -2.13. The van der Waals surface area contributed by atoms with Crippen molar-refractivity contribution >= 4 is 10.9 Å². The summed E-state index contributed by atoms with van der Waals surface area (Å²) in [5.74, 6) is 0.891. The fraction of sp³-hybridized carbons (Fsp3) is 0.333. The number of nitrogens with two attached hydrogens (primary N) is 1. The van der Waals surface area contributed by atoms with Crippen LogP contribution < -0.4 is 10.5 Å². The first kappa shape index (κ1) is 8.80. The van der Waals surface area contributed by atoms with Gasteiger partial charge in [0.25, 0.3) is 0 Å². The molecule has 3 nitrogen and oxygen atoms in total. The molecule has 1 unspecified atom stereocenters. The highest BCUT2D eigenvalue weighted by Crippen LogP contribution is 2.32. The minimum atomic E-state index is 0.129. The molecule has 1 aliphatic rings. The third kappa shape index (κ3) is 1.16. The molecule has 0 saturated heterocycles. The first-order chi connectivity index (χ1) is 7.29. The van der Waals surface area contributed by atoms with E-state index in [0.717, 1.165) is 18.6 Å². The zero-order valence-corrected chi connectivity index (χ0v) is 8.73. The van der Waals surface area contributed by atoms with E-state index in [4.69, 9.17) is 10.5 Å². The van der Waals surface area contributed by atoms with Gasteiger partial charge in [0, 0.05) is 17.1 Å². The lowest BCUT2D eigenvalue weighted by Gasteiger charge is -2.09. The van der Waals surface area contributed by atoms with Crippen LogP contribution in [0, 0.1) is 0 Å². The molecule has 0 radical (unpaired) electrons. The average molecular weight is 202 g/mol. The summed E-state index contributed by atoms with van der Waals surface area (Å²) in [4.78, 5) is 0. The number of rotatable bonds is 1. The molecular weight excluding hydrogens is 188 g/mol. The van der Waals surface area contributed by atoms with E-state index in [0.29, 0.717) is 0 Å². The molecule has 2 N–H and O–H groups in total. The number of aryl methyl sites for hydroxylation is 1. The number of fused-ring (bicyclic) bond motifs is 3. The number of hydrogen-bond acceptors (Lipinski definition) is 2. The fourth-order valence-corrected chi connectivity index (χ4v) is 2.39. The average Bonchev–Trinajstić information content (AvgIpc) is 2.78. The quantitative estimate of drug-likeness (QED) is 0.768. The van der Waals surface area contributed by atoms with Crippen LogP contribution in [0.5, 0.6) is 5.75 Å². The SMILES string of the molecule is COc1ccc2cc3n(c2c1)C(N)CC3. The second kappa shape index (κ2) is 3.00. The van der Waals surface area contributed by atoms with Crippen LogP contribution in [0.3, 0.4) is 0 Å². The Bertz CT molecular complexity index is 516. The van der Waals surface area contributed by atoms with Crippen LogP contribution in [0.2, 0.25) is 0 Å². The minimum absolute atomic E-state index is 0.129. The van der Waals surface area contributed by atoms with Gasteiger partial charge in [-0.2, -0.15) is 0 Å². The van der Waals surface area contributed by atoms with Crippen LogP contribution >= 0.6 is 0 Å². The smallest absolute Gasteiger partial charge is 0.120 e. The molecular formula is C12H14N2O. The Labute approximate surface area is 88.4 Å². The lowest BCUT2D eigenvalue weighted by molar-refractivity contribution is 0.415. The summed E-state index contributed by atoms with van der Waals surface area (Å²) in [5, 5.41) is 1.25. The van der Waals surface area contributed by atoms with Crippen LogP contribution in [0.25, 0.3) is 10.9 Å². The van der Waals surface area contributed by atoms with Gasteiger partial charge in [-0.1, -0.05) is 0 Å². The van der Waals surface area contributed by atoms with Crippen LogP contribution in [-0.2, 0) is 6.42 Å². The van der Waals surface area contributed by atoms with Crippen molar-refractivity contribution in [2.45, 2.75) is 19.0 Å². The Hall–Kier alpha value is -1.48. The van der Waals surface area contributed by atoms with Crippen LogP contribution in [0.15, 0.2) is 24.3 Å². The van der Waals surface area contributed by atoms with Gasteiger partial charge in [0.15, 0.2) is 0 Å². The third-order valence-electron chi connectivity index (χ3n) is 3.16. The van der Waals surface area contributed by atoms with Gasteiger partial charge >= 0.3 is 0 Å². The molecule has 3 rings (SSSR count). The third-order valence-corrected chi connectivity index (χ3v) is 3.16. The van der Waals surface area contributed by atoms with Crippen LogP contribution in [-0.4, -0.2) is 11.7 Å². The Kier molecular flexibility index (Phi) is 1.76. The number of benzene rings is 1. The number of aromatic nitrogens is 1. The monoisotopic (exact) mass is 202 g/mol. The van der Waals surface area contributed by atoms with Gasteiger partial charge in [-0.05, 0) is 31.0 Å². The van der Waals surface area contributed by atoms with Crippen molar-refractivity contribution in [3.63, 3.8) is 0 Å². The molecule has 0 saturated carbocycles. The molecule has 15 heavy (non-hydrogen) atoms. The van der Waals surface area contributed by atoms with Crippen molar-refractivity contribution in [1.82, 2.24) is 4.57 Å². The molecule has 2 aromatic rings. The molecule has 1 atom stereocenters. The summed E-state index contributed by atoms with van der Waals surface area (Å²) in [6.07, 6.45) is 2.25. The van der Waals surface area contributed by atoms with E-state index in [1.54, 1.807) is 7.11 Å². The normalized spacial score (nSPS) is 19.5. The van der Waals surface area contributed by atoms with Gasteiger partial charge in [-0.15, -0.1) is 0 Å². The lowest BCUT2D eigenvalue weighted by atomic mass is 10.2. The summed E-state index contributed by atoms with van der Waals surface area (Å²) < 4.78 is 7.45. The van der Waals surface area contributed by atoms with E-state index >= 15 is 0 Å². The number of nitrogens with zero attached hydrogens (tertiary/aromatic N) is 1. The maximum atomic E-state index is 6.07. The molecule has 0 aliphatic carbocycles. The number of ether oxygens (including phenoxy) is 1. The summed E-state index contributed by atoms with van der Waals surface area (Å²) in [7, 11) is 1.69. The zero-order chi connectivity index (χ0) is 10.4. The molecule has 2 heterocycles. The first-order valence-electron chi connectivity index (χ1n) is 5.23. The summed E-state index contributed by atoms with van der Waals surface area (Å²) in [5.41, 5.74) is 8.60. The molecule has 78 valence electrons. The highest BCUT2D eigenvalue weighted by atomic mass is 16.5. The zero-order valence-electron chi connectivity index (χ0n) is 8.73. The fourth-order valence-electron chi connectivity index (χ4n) is 2.39. The van der Waals surface area contributed by atoms with E-state index in [-0.39, 0.29) is 6.17 Å². The second-order valence-electron chi connectivity index (χ2n) is 4.04. The van der Waals surface area contributed by atoms with E-state index in [9.17, 15) is 0 Å². The topological polar surface area (TPSA) is 40.2 Å². The van der Waals surface area contributed by atoms with Crippen molar-refractivity contribution in [3.8, 4) is 5.75 Å². The largest absolute Gasteiger partial charge is 0.497 e. The van der Waals surface area contributed by atoms with Gasteiger partial charge in [-0.3, -0.25) is 0 Å².